The van der Waals surface area contributed by atoms with E-state index in [0.29, 0.717) is 44.9 Å². The average molecular weight is 505 g/mol. The van der Waals surface area contributed by atoms with Gasteiger partial charge in [-0.3, -0.25) is 9.59 Å². The van der Waals surface area contributed by atoms with E-state index in [4.69, 9.17) is 9.84 Å². The van der Waals surface area contributed by atoms with Gasteiger partial charge in [-0.1, -0.05) is 58.3 Å². The summed E-state index contributed by atoms with van der Waals surface area (Å²) in [6, 6.07) is 0. The number of carboxylic acids is 1. The second kappa shape index (κ2) is 22.0. The third-order valence-corrected chi connectivity index (χ3v) is 6.53. The first-order valence-corrected chi connectivity index (χ1v) is 13.8. The van der Waals surface area contributed by atoms with Crippen molar-refractivity contribution in [3.05, 3.63) is 0 Å². The highest BCUT2D eigenvalue weighted by molar-refractivity contribution is 5.66. The summed E-state index contributed by atoms with van der Waals surface area (Å²) in [6.45, 7) is 3.53. The maximum absolute atomic E-state index is 11.3. The van der Waals surface area contributed by atoms with E-state index in [1.165, 1.54) is 39.0 Å². The largest absolute Gasteiger partial charge is 0.481 e. The normalized spacial score (nSPS) is 15.8. The zero-order valence-corrected chi connectivity index (χ0v) is 22.1. The first-order chi connectivity index (χ1) is 16.7. The van der Waals surface area contributed by atoms with Crippen molar-refractivity contribution < 1.29 is 39.9 Å². The molecule has 0 rings (SSSR count). The Morgan fingerprint density at radius 3 is 1.54 bits per heavy atom. The van der Waals surface area contributed by atoms with Gasteiger partial charge in [0.2, 0.25) is 0 Å². The van der Waals surface area contributed by atoms with Gasteiger partial charge in [0.25, 0.3) is 0 Å². The molecule has 0 saturated carbocycles. The van der Waals surface area contributed by atoms with Crippen LogP contribution in [0.1, 0.15) is 129 Å². The zero-order valence-electron chi connectivity index (χ0n) is 22.1. The van der Waals surface area contributed by atoms with E-state index in [0.717, 1.165) is 19.3 Å². The fourth-order valence-electron chi connectivity index (χ4n) is 4.30. The predicted molar refractivity (Wildman–Crippen MR) is 136 cm³/mol. The molecule has 5 N–H and O–H groups in total. The first-order valence-electron chi connectivity index (χ1n) is 13.8. The Morgan fingerprint density at radius 1 is 0.600 bits per heavy atom. The van der Waals surface area contributed by atoms with Crippen LogP contribution >= 0.6 is 0 Å². The SMILES string of the molecule is CCCCCCCCCC[C@H](O)[C@H](O)CC[C@@H](O)[C@@H](O)CCC[C@H](CCCCC(=O)O)OC(C)=O. The molecule has 0 aromatic rings. The number of esters is 1. The van der Waals surface area contributed by atoms with Gasteiger partial charge in [-0.15, -0.1) is 0 Å². The number of carbonyl (C=O) groups is 2. The van der Waals surface area contributed by atoms with Gasteiger partial charge >= 0.3 is 11.9 Å². The highest BCUT2D eigenvalue weighted by atomic mass is 16.5. The number of unbranched alkanes of at least 4 members (excludes halogenated alkanes) is 8. The number of aliphatic hydroxyl groups is 4. The minimum atomic E-state index is -0.997. The van der Waals surface area contributed by atoms with E-state index in [1.807, 2.05) is 0 Å². The summed E-state index contributed by atoms with van der Waals surface area (Å²) in [5, 5.41) is 49.6. The molecule has 0 unspecified atom stereocenters. The summed E-state index contributed by atoms with van der Waals surface area (Å²) in [7, 11) is 0. The summed E-state index contributed by atoms with van der Waals surface area (Å²) >= 11 is 0. The van der Waals surface area contributed by atoms with Crippen LogP contribution in [0, 0.1) is 0 Å². The fourth-order valence-corrected chi connectivity index (χ4v) is 4.30. The molecule has 0 heterocycles. The minimum Gasteiger partial charge on any atom is -0.481 e. The number of carboxylic acid groups (broad SMARTS) is 1. The second-order valence-electron chi connectivity index (χ2n) is 9.91. The van der Waals surface area contributed by atoms with Gasteiger partial charge in [0.15, 0.2) is 0 Å². The van der Waals surface area contributed by atoms with E-state index in [2.05, 4.69) is 6.92 Å². The van der Waals surface area contributed by atoms with Crippen LogP contribution in [-0.2, 0) is 14.3 Å². The Bertz CT molecular complexity index is 527. The number of hydrogen-bond acceptors (Lipinski definition) is 7. The summed E-state index contributed by atoms with van der Waals surface area (Å²) < 4.78 is 5.28. The van der Waals surface area contributed by atoms with E-state index in [-0.39, 0.29) is 25.4 Å². The summed E-state index contributed by atoms with van der Waals surface area (Å²) in [5.74, 6) is -1.25. The van der Waals surface area contributed by atoms with Crippen molar-refractivity contribution >= 4 is 11.9 Å². The molecule has 8 heteroatoms. The molecule has 208 valence electrons. The molecule has 0 aliphatic heterocycles. The standard InChI is InChI=1S/C27H52O8/c1-3-4-5-6-7-8-9-10-16-23(29)25(31)19-20-26(32)24(30)17-13-15-22(35-21(2)28)14-11-12-18-27(33)34/h22-26,29-32H,3-20H2,1-2H3,(H,33,34)/t22-,23-,24-,25+,26+/m0/s1. The topological polar surface area (TPSA) is 145 Å². The van der Waals surface area contributed by atoms with Gasteiger partial charge in [-0.2, -0.15) is 0 Å². The van der Waals surface area contributed by atoms with Crippen LogP contribution in [0.15, 0.2) is 0 Å². The predicted octanol–water partition coefficient (Wildman–Crippen LogP) is 4.49. The van der Waals surface area contributed by atoms with Gasteiger partial charge in [-0.25, -0.2) is 0 Å². The van der Waals surface area contributed by atoms with Gasteiger partial charge < -0.3 is 30.3 Å². The third kappa shape index (κ3) is 20.7. The molecule has 0 aromatic carbocycles. The van der Waals surface area contributed by atoms with Crippen molar-refractivity contribution in [1.82, 2.24) is 0 Å². The van der Waals surface area contributed by atoms with Crippen LogP contribution in [-0.4, -0.2) is 68.0 Å². The monoisotopic (exact) mass is 504 g/mol. The van der Waals surface area contributed by atoms with E-state index in [9.17, 15) is 30.0 Å². The Labute approximate surface area is 212 Å². The average Bonchev–Trinajstić information content (AvgIpc) is 2.80. The molecule has 8 nitrogen and oxygen atoms in total. The number of rotatable bonds is 24. The molecule has 0 saturated heterocycles. The van der Waals surface area contributed by atoms with E-state index >= 15 is 0 Å². The molecule has 0 aromatic heterocycles. The summed E-state index contributed by atoms with van der Waals surface area (Å²) in [6.07, 6.45) is 9.47. The van der Waals surface area contributed by atoms with Crippen molar-refractivity contribution in [2.24, 2.45) is 0 Å². The van der Waals surface area contributed by atoms with Crippen LogP contribution < -0.4 is 0 Å². The van der Waals surface area contributed by atoms with Gasteiger partial charge in [0.05, 0.1) is 24.4 Å². The zero-order chi connectivity index (χ0) is 26.5. The van der Waals surface area contributed by atoms with Crippen LogP contribution in [0.25, 0.3) is 0 Å². The second-order valence-corrected chi connectivity index (χ2v) is 9.91. The molecular weight excluding hydrogens is 452 g/mol. The fraction of sp³-hybridized carbons (Fsp3) is 0.926. The maximum Gasteiger partial charge on any atom is 0.303 e. The van der Waals surface area contributed by atoms with Gasteiger partial charge in [-0.05, 0) is 57.8 Å². The lowest BCUT2D eigenvalue weighted by Gasteiger charge is -2.22. The van der Waals surface area contributed by atoms with Gasteiger partial charge in [0, 0.05) is 13.3 Å². The molecule has 35 heavy (non-hydrogen) atoms. The molecule has 0 aliphatic carbocycles. The number of ether oxygens (including phenoxy) is 1. The molecular formula is C27H52O8. The summed E-state index contributed by atoms with van der Waals surface area (Å²) in [5.41, 5.74) is 0. The number of hydrogen-bond donors (Lipinski definition) is 5. The summed E-state index contributed by atoms with van der Waals surface area (Å²) in [4.78, 5) is 21.9. The lowest BCUT2D eigenvalue weighted by Crippen LogP contribution is -2.31. The molecule has 0 amide bonds. The van der Waals surface area contributed by atoms with Gasteiger partial charge in [0.1, 0.15) is 6.10 Å². The molecule has 0 aliphatic rings. The Kier molecular flexibility index (Phi) is 21.2. The molecule has 0 radical (unpaired) electrons. The lowest BCUT2D eigenvalue weighted by molar-refractivity contribution is -0.147. The van der Waals surface area contributed by atoms with Crippen LogP contribution in [0.3, 0.4) is 0 Å². The maximum atomic E-state index is 11.3. The van der Waals surface area contributed by atoms with Crippen molar-refractivity contribution in [2.45, 2.75) is 160 Å². The first kappa shape index (κ1) is 33.8. The van der Waals surface area contributed by atoms with Crippen LogP contribution in [0.4, 0.5) is 0 Å². The highest BCUT2D eigenvalue weighted by Gasteiger charge is 2.22. The number of aliphatic hydroxyl groups excluding tert-OH is 4. The minimum absolute atomic E-state index is 0.0807. The smallest absolute Gasteiger partial charge is 0.303 e. The number of aliphatic carboxylic acids is 1. The Morgan fingerprint density at radius 2 is 1.03 bits per heavy atom. The van der Waals surface area contributed by atoms with Crippen molar-refractivity contribution in [3.8, 4) is 0 Å². The van der Waals surface area contributed by atoms with Crippen LogP contribution in [0.2, 0.25) is 0 Å². The quantitative estimate of drug-likeness (QED) is 0.0955. The number of carbonyl (C=O) groups excluding carboxylic acids is 1. The highest BCUT2D eigenvalue weighted by Crippen LogP contribution is 2.19. The van der Waals surface area contributed by atoms with E-state index < -0.39 is 36.4 Å². The molecule has 0 bridgehead atoms. The Hall–Kier alpha value is -1.22. The molecule has 5 atom stereocenters. The van der Waals surface area contributed by atoms with Crippen molar-refractivity contribution in [1.29, 1.82) is 0 Å². The molecule has 0 spiro atoms. The van der Waals surface area contributed by atoms with Crippen molar-refractivity contribution in [3.63, 3.8) is 0 Å². The van der Waals surface area contributed by atoms with Crippen molar-refractivity contribution in [2.75, 3.05) is 0 Å². The lowest BCUT2D eigenvalue weighted by atomic mass is 9.96. The molecule has 0 fully saturated rings. The Balaban J connectivity index is 4.05. The third-order valence-electron chi connectivity index (χ3n) is 6.53. The van der Waals surface area contributed by atoms with Crippen LogP contribution in [0.5, 0.6) is 0 Å². The van der Waals surface area contributed by atoms with E-state index in [1.54, 1.807) is 0 Å².